The van der Waals surface area contributed by atoms with Crippen molar-refractivity contribution in [1.82, 2.24) is 5.32 Å². The molecule has 0 radical (unpaired) electrons. The van der Waals surface area contributed by atoms with Crippen LogP contribution in [0.5, 0.6) is 11.5 Å². The van der Waals surface area contributed by atoms with Crippen LogP contribution in [0, 0.1) is 5.92 Å². The number of rotatable bonds is 7. The van der Waals surface area contributed by atoms with Gasteiger partial charge in [-0.1, -0.05) is 13.8 Å². The van der Waals surface area contributed by atoms with E-state index in [4.69, 9.17) is 15.2 Å². The normalized spacial score (nSPS) is 11.5. The molecule has 21 heavy (non-hydrogen) atoms. The van der Waals surface area contributed by atoms with Crippen LogP contribution in [0.25, 0.3) is 0 Å². The Kier molecular flexibility index (Phi) is 8.81. The summed E-state index contributed by atoms with van der Waals surface area (Å²) in [7, 11) is 1.56. The number of benzene rings is 1. The van der Waals surface area contributed by atoms with E-state index in [-0.39, 0.29) is 24.4 Å². The number of carbonyl (C=O) groups excluding carboxylic acids is 1. The van der Waals surface area contributed by atoms with E-state index in [0.29, 0.717) is 36.1 Å². The van der Waals surface area contributed by atoms with Crippen LogP contribution in [0.15, 0.2) is 18.2 Å². The summed E-state index contributed by atoms with van der Waals surface area (Å²) in [6, 6.07) is 5.08. The highest BCUT2D eigenvalue weighted by atomic mass is 35.5. The van der Waals surface area contributed by atoms with Gasteiger partial charge in [-0.2, -0.15) is 0 Å². The molecule has 120 valence electrons. The number of methoxy groups -OCH3 is 1. The molecule has 5 nitrogen and oxygen atoms in total. The number of amides is 1. The van der Waals surface area contributed by atoms with Crippen LogP contribution in [0.2, 0.25) is 0 Å². The van der Waals surface area contributed by atoms with Gasteiger partial charge in [0, 0.05) is 18.2 Å². The van der Waals surface area contributed by atoms with E-state index >= 15 is 0 Å². The summed E-state index contributed by atoms with van der Waals surface area (Å²) >= 11 is 0. The first-order valence-corrected chi connectivity index (χ1v) is 6.79. The fourth-order valence-corrected chi connectivity index (χ4v) is 1.55. The smallest absolute Gasteiger partial charge is 0.251 e. The third-order valence-corrected chi connectivity index (χ3v) is 2.73. The van der Waals surface area contributed by atoms with Crippen molar-refractivity contribution in [3.05, 3.63) is 23.8 Å². The minimum Gasteiger partial charge on any atom is -0.493 e. The van der Waals surface area contributed by atoms with Crippen LogP contribution in [0.4, 0.5) is 0 Å². The lowest BCUT2D eigenvalue weighted by Crippen LogP contribution is -2.37. The maximum absolute atomic E-state index is 12.0. The molecule has 0 spiro atoms. The van der Waals surface area contributed by atoms with Crippen LogP contribution >= 0.6 is 12.4 Å². The highest BCUT2D eigenvalue weighted by Gasteiger charge is 2.13. The van der Waals surface area contributed by atoms with Gasteiger partial charge in [0.15, 0.2) is 11.5 Å². The summed E-state index contributed by atoms with van der Waals surface area (Å²) in [6.45, 7) is 7.00. The van der Waals surface area contributed by atoms with E-state index in [0.717, 1.165) is 0 Å². The average Bonchev–Trinajstić information content (AvgIpc) is 2.44. The molecule has 0 bridgehead atoms. The molecular formula is C15H25ClN2O3. The number of hydrogen-bond donors (Lipinski definition) is 2. The van der Waals surface area contributed by atoms with E-state index in [1.54, 1.807) is 25.3 Å². The van der Waals surface area contributed by atoms with Gasteiger partial charge in [-0.3, -0.25) is 4.79 Å². The highest BCUT2D eigenvalue weighted by Crippen LogP contribution is 2.28. The summed E-state index contributed by atoms with van der Waals surface area (Å²) in [6.07, 6.45) is 0. The number of halogens is 1. The molecule has 1 atom stereocenters. The van der Waals surface area contributed by atoms with E-state index in [9.17, 15) is 4.79 Å². The first kappa shape index (κ1) is 19.5. The van der Waals surface area contributed by atoms with E-state index in [1.165, 1.54) is 0 Å². The second kappa shape index (κ2) is 9.47. The third-order valence-electron chi connectivity index (χ3n) is 2.73. The fraction of sp³-hybridized carbons (Fsp3) is 0.533. The molecular weight excluding hydrogens is 292 g/mol. The van der Waals surface area contributed by atoms with Crippen molar-refractivity contribution < 1.29 is 14.3 Å². The summed E-state index contributed by atoms with van der Waals surface area (Å²) in [5.74, 6) is 1.45. The van der Waals surface area contributed by atoms with Crippen molar-refractivity contribution in [3.63, 3.8) is 0 Å². The van der Waals surface area contributed by atoms with Crippen LogP contribution in [-0.2, 0) is 0 Å². The van der Waals surface area contributed by atoms with Gasteiger partial charge < -0.3 is 20.5 Å². The molecule has 0 unspecified atom stereocenters. The molecule has 0 aliphatic carbocycles. The topological polar surface area (TPSA) is 73.6 Å². The second-order valence-corrected chi connectivity index (χ2v) is 5.18. The lowest BCUT2D eigenvalue weighted by Gasteiger charge is -2.15. The van der Waals surface area contributed by atoms with Crippen molar-refractivity contribution in [3.8, 4) is 11.5 Å². The lowest BCUT2D eigenvalue weighted by molar-refractivity contribution is 0.0941. The van der Waals surface area contributed by atoms with Crippen LogP contribution < -0.4 is 20.5 Å². The van der Waals surface area contributed by atoms with Gasteiger partial charge in [-0.25, -0.2) is 0 Å². The van der Waals surface area contributed by atoms with E-state index in [2.05, 4.69) is 19.2 Å². The lowest BCUT2D eigenvalue weighted by atomic mass is 10.1. The van der Waals surface area contributed by atoms with Gasteiger partial charge in [0.2, 0.25) is 0 Å². The molecule has 1 rings (SSSR count). The number of nitrogens with two attached hydrogens (primary N) is 1. The molecule has 1 aromatic carbocycles. The monoisotopic (exact) mass is 316 g/mol. The van der Waals surface area contributed by atoms with Gasteiger partial charge in [0.1, 0.15) is 0 Å². The molecule has 1 amide bonds. The zero-order chi connectivity index (χ0) is 15.1. The Balaban J connectivity index is 0.00000400. The number of nitrogens with one attached hydrogen (secondary N) is 1. The van der Waals surface area contributed by atoms with Gasteiger partial charge in [0.05, 0.1) is 13.7 Å². The maximum Gasteiger partial charge on any atom is 0.251 e. The summed E-state index contributed by atoms with van der Waals surface area (Å²) in [5.41, 5.74) is 6.01. The Morgan fingerprint density at radius 3 is 2.48 bits per heavy atom. The van der Waals surface area contributed by atoms with Crippen LogP contribution in [0.3, 0.4) is 0 Å². The summed E-state index contributed by atoms with van der Waals surface area (Å²) in [5, 5.41) is 2.81. The van der Waals surface area contributed by atoms with Crippen molar-refractivity contribution in [2.24, 2.45) is 11.7 Å². The molecule has 0 saturated carbocycles. The summed E-state index contributed by atoms with van der Waals surface area (Å²) in [4.78, 5) is 12.0. The summed E-state index contributed by atoms with van der Waals surface area (Å²) < 4.78 is 10.9. The SMILES string of the molecule is COc1cc(C(=O)N[C@@H](C)CN)ccc1OCC(C)C.Cl. The van der Waals surface area contributed by atoms with E-state index in [1.807, 2.05) is 6.92 Å². The standard InChI is InChI=1S/C15H24N2O3.ClH/c1-10(2)9-20-13-6-5-12(7-14(13)19-4)15(18)17-11(3)8-16;/h5-7,10-11H,8-9,16H2,1-4H3,(H,17,18);1H/t11-;/m0./s1. The Bertz CT molecular complexity index is 453. The molecule has 0 saturated heterocycles. The van der Waals surface area contributed by atoms with Crippen molar-refractivity contribution in [2.45, 2.75) is 26.8 Å². The van der Waals surface area contributed by atoms with Gasteiger partial charge in [-0.05, 0) is 31.0 Å². The van der Waals surface area contributed by atoms with Gasteiger partial charge in [-0.15, -0.1) is 12.4 Å². The quantitative estimate of drug-likeness (QED) is 0.809. The minimum absolute atomic E-state index is 0. The predicted octanol–water partition coefficient (Wildman–Crippen LogP) is 2.23. The molecule has 3 N–H and O–H groups in total. The number of ether oxygens (including phenoxy) is 2. The van der Waals surface area contributed by atoms with E-state index < -0.39 is 0 Å². The Morgan fingerprint density at radius 1 is 1.29 bits per heavy atom. The van der Waals surface area contributed by atoms with Crippen molar-refractivity contribution in [2.75, 3.05) is 20.3 Å². The first-order valence-electron chi connectivity index (χ1n) is 6.79. The number of hydrogen-bond acceptors (Lipinski definition) is 4. The Morgan fingerprint density at radius 2 is 1.95 bits per heavy atom. The second-order valence-electron chi connectivity index (χ2n) is 5.18. The molecule has 1 aromatic rings. The third kappa shape index (κ3) is 6.23. The maximum atomic E-state index is 12.0. The van der Waals surface area contributed by atoms with Crippen molar-refractivity contribution in [1.29, 1.82) is 0 Å². The fourth-order valence-electron chi connectivity index (χ4n) is 1.55. The predicted molar refractivity (Wildman–Crippen MR) is 86.6 cm³/mol. The molecule has 0 heterocycles. The zero-order valence-corrected chi connectivity index (χ0v) is 13.8. The highest BCUT2D eigenvalue weighted by molar-refractivity contribution is 5.95. The largest absolute Gasteiger partial charge is 0.493 e. The Hall–Kier alpha value is -1.46. The Labute approximate surface area is 132 Å². The minimum atomic E-state index is -0.170. The molecule has 0 aliphatic rings. The molecule has 0 aromatic heterocycles. The zero-order valence-electron chi connectivity index (χ0n) is 13.0. The number of carbonyl (C=O) groups is 1. The van der Waals surface area contributed by atoms with Crippen LogP contribution in [0.1, 0.15) is 31.1 Å². The molecule has 0 aliphatic heterocycles. The van der Waals surface area contributed by atoms with Gasteiger partial charge >= 0.3 is 0 Å². The van der Waals surface area contributed by atoms with Crippen molar-refractivity contribution >= 4 is 18.3 Å². The molecule has 6 heteroatoms. The van der Waals surface area contributed by atoms with Gasteiger partial charge in [0.25, 0.3) is 5.91 Å². The first-order chi connectivity index (χ1) is 9.47. The average molecular weight is 317 g/mol. The van der Waals surface area contributed by atoms with Crippen LogP contribution in [-0.4, -0.2) is 32.2 Å². The molecule has 0 fully saturated rings.